The monoisotopic (exact) mass is 361 g/mol. The maximum atomic E-state index is 13.7. The molecule has 5 heterocycles. The average Bonchev–Trinajstić information content (AvgIpc) is 3.17. The maximum Gasteiger partial charge on any atom is 0.251 e. The van der Waals surface area contributed by atoms with Gasteiger partial charge in [-0.25, -0.2) is 14.4 Å². The molecule has 4 aromatic rings. The zero-order valence-electron chi connectivity index (χ0n) is 14.4. The minimum absolute atomic E-state index is 0.0655. The van der Waals surface area contributed by atoms with Crippen LogP contribution < -0.4 is 10.5 Å². The summed E-state index contributed by atoms with van der Waals surface area (Å²) in [5.74, 6) is 0.839. The zero-order chi connectivity index (χ0) is 18.1. The van der Waals surface area contributed by atoms with E-state index in [2.05, 4.69) is 25.9 Å². The number of piperidine rings is 1. The fourth-order valence-electron chi connectivity index (χ4n) is 4.78. The predicted molar refractivity (Wildman–Crippen MR) is 101 cm³/mol. The number of nitrogens with one attached hydrogen (secondary N) is 1. The Morgan fingerprint density at radius 2 is 2.07 bits per heavy atom. The van der Waals surface area contributed by atoms with E-state index in [1.807, 2.05) is 10.6 Å². The van der Waals surface area contributed by atoms with Crippen LogP contribution in [0.3, 0.4) is 0 Å². The molecule has 2 aliphatic heterocycles. The summed E-state index contributed by atoms with van der Waals surface area (Å²) in [7, 11) is 0. The molecule has 134 valence electrons. The summed E-state index contributed by atoms with van der Waals surface area (Å²) in [6.45, 7) is 1.53. The SMILES string of the molecule is O=c1cccc2n1[C@H]1C[C@@H]2CN(c2ncnc3c2[nH]c2ccc(F)cc23)C1. The van der Waals surface area contributed by atoms with E-state index in [1.165, 1.54) is 18.5 Å². The fourth-order valence-corrected chi connectivity index (χ4v) is 4.78. The number of H-pyrrole nitrogens is 1. The van der Waals surface area contributed by atoms with Gasteiger partial charge >= 0.3 is 0 Å². The summed E-state index contributed by atoms with van der Waals surface area (Å²) in [6, 6.07) is 10.3. The third-order valence-electron chi connectivity index (χ3n) is 5.86. The molecule has 1 N–H and O–H groups in total. The first-order valence-electron chi connectivity index (χ1n) is 9.07. The van der Waals surface area contributed by atoms with Crippen LogP contribution in [0.25, 0.3) is 21.9 Å². The summed E-state index contributed by atoms with van der Waals surface area (Å²) in [5, 5.41) is 0.758. The fraction of sp³-hybridized carbons (Fsp3) is 0.250. The molecule has 2 atom stereocenters. The molecule has 6 rings (SSSR count). The van der Waals surface area contributed by atoms with Gasteiger partial charge in [0.05, 0.1) is 6.04 Å². The second kappa shape index (κ2) is 5.16. The van der Waals surface area contributed by atoms with Crippen LogP contribution in [0.15, 0.2) is 47.5 Å². The van der Waals surface area contributed by atoms with Gasteiger partial charge in [-0.05, 0) is 30.7 Å². The Labute approximate surface area is 153 Å². The molecule has 0 amide bonds. The van der Waals surface area contributed by atoms with Crippen molar-refractivity contribution in [3.63, 3.8) is 0 Å². The number of aromatic amines is 1. The first kappa shape index (κ1) is 14.9. The van der Waals surface area contributed by atoms with Gasteiger partial charge in [0.1, 0.15) is 23.2 Å². The number of nitrogens with zero attached hydrogens (tertiary/aromatic N) is 4. The van der Waals surface area contributed by atoms with E-state index in [-0.39, 0.29) is 17.4 Å². The molecule has 2 aliphatic rings. The number of pyridine rings is 1. The predicted octanol–water partition coefficient (Wildman–Crippen LogP) is 2.96. The highest BCUT2D eigenvalue weighted by Gasteiger charge is 2.39. The van der Waals surface area contributed by atoms with Crippen molar-refractivity contribution in [1.82, 2.24) is 19.5 Å². The average molecular weight is 361 g/mol. The van der Waals surface area contributed by atoms with Crippen LogP contribution in [0.2, 0.25) is 0 Å². The highest BCUT2D eigenvalue weighted by Crippen LogP contribution is 2.42. The van der Waals surface area contributed by atoms with Crippen molar-refractivity contribution >= 4 is 27.8 Å². The second-order valence-electron chi connectivity index (χ2n) is 7.39. The molecular weight excluding hydrogens is 345 g/mol. The molecule has 6 nitrogen and oxygen atoms in total. The Kier molecular flexibility index (Phi) is 2.85. The van der Waals surface area contributed by atoms with Crippen LogP contribution in [-0.2, 0) is 0 Å². The first-order valence-corrected chi connectivity index (χ1v) is 9.07. The Bertz CT molecular complexity index is 1280. The lowest BCUT2D eigenvalue weighted by Crippen LogP contribution is -2.37. The van der Waals surface area contributed by atoms with Crippen molar-refractivity contribution in [2.24, 2.45) is 0 Å². The number of hydrogen-bond donors (Lipinski definition) is 1. The van der Waals surface area contributed by atoms with Crippen molar-refractivity contribution in [1.29, 1.82) is 0 Å². The molecule has 0 saturated carbocycles. The van der Waals surface area contributed by atoms with Crippen LogP contribution in [0.4, 0.5) is 10.2 Å². The third-order valence-corrected chi connectivity index (χ3v) is 5.86. The summed E-state index contributed by atoms with van der Waals surface area (Å²) >= 11 is 0. The van der Waals surface area contributed by atoms with Crippen LogP contribution in [0.1, 0.15) is 24.1 Å². The number of halogens is 1. The number of rotatable bonds is 1. The molecule has 3 aromatic heterocycles. The lowest BCUT2D eigenvalue weighted by molar-refractivity contribution is 0.440. The van der Waals surface area contributed by atoms with E-state index in [0.29, 0.717) is 5.92 Å². The Morgan fingerprint density at radius 3 is 3.00 bits per heavy atom. The van der Waals surface area contributed by atoms with E-state index < -0.39 is 0 Å². The largest absolute Gasteiger partial charge is 0.352 e. The normalized spacial score (nSPS) is 21.1. The standard InChI is InChI=1S/C20H16FN5O/c21-12-4-5-15-14(7-12)18-19(24-15)20(23-10-22-18)25-8-11-6-13(9-25)26-16(11)2-1-3-17(26)27/h1-5,7,10-11,13,24H,6,8-9H2/t11-,13+/m1/s1. The smallest absolute Gasteiger partial charge is 0.251 e. The lowest BCUT2D eigenvalue weighted by atomic mass is 9.96. The van der Waals surface area contributed by atoms with Crippen molar-refractivity contribution in [2.45, 2.75) is 18.4 Å². The van der Waals surface area contributed by atoms with Crippen molar-refractivity contribution in [3.8, 4) is 0 Å². The number of fused-ring (bicyclic) bond motifs is 8. The van der Waals surface area contributed by atoms with Gasteiger partial charge in [-0.3, -0.25) is 4.79 Å². The summed E-state index contributed by atoms with van der Waals surface area (Å²) < 4.78 is 15.6. The van der Waals surface area contributed by atoms with E-state index in [4.69, 9.17) is 0 Å². The van der Waals surface area contributed by atoms with E-state index in [9.17, 15) is 9.18 Å². The lowest BCUT2D eigenvalue weighted by Gasteiger charge is -2.32. The molecule has 0 spiro atoms. The van der Waals surface area contributed by atoms with Gasteiger partial charge in [0.25, 0.3) is 5.56 Å². The summed E-state index contributed by atoms with van der Waals surface area (Å²) in [4.78, 5) is 26.8. The minimum Gasteiger partial charge on any atom is -0.352 e. The van der Waals surface area contributed by atoms with Crippen molar-refractivity contribution in [3.05, 3.63) is 64.6 Å². The van der Waals surface area contributed by atoms with Gasteiger partial charge < -0.3 is 14.5 Å². The minimum atomic E-state index is -0.283. The molecule has 27 heavy (non-hydrogen) atoms. The van der Waals surface area contributed by atoms with Gasteiger partial charge in [-0.1, -0.05) is 6.07 Å². The number of anilines is 1. The molecular formula is C20H16FN5O. The highest BCUT2D eigenvalue weighted by molar-refractivity contribution is 6.08. The Morgan fingerprint density at radius 1 is 1.15 bits per heavy atom. The van der Waals surface area contributed by atoms with Crippen LogP contribution in [0.5, 0.6) is 0 Å². The molecule has 1 aromatic carbocycles. The van der Waals surface area contributed by atoms with Gasteiger partial charge in [0.15, 0.2) is 5.82 Å². The van der Waals surface area contributed by atoms with Gasteiger partial charge in [0.2, 0.25) is 0 Å². The van der Waals surface area contributed by atoms with Gasteiger partial charge in [-0.2, -0.15) is 0 Å². The van der Waals surface area contributed by atoms with Crippen LogP contribution >= 0.6 is 0 Å². The quantitative estimate of drug-likeness (QED) is 0.566. The summed E-state index contributed by atoms with van der Waals surface area (Å²) in [5.41, 5.74) is 3.56. The van der Waals surface area contributed by atoms with E-state index >= 15 is 0 Å². The molecule has 7 heteroatoms. The molecule has 1 saturated heterocycles. The van der Waals surface area contributed by atoms with Gasteiger partial charge in [-0.15, -0.1) is 0 Å². The van der Waals surface area contributed by atoms with Crippen LogP contribution in [-0.4, -0.2) is 32.6 Å². The second-order valence-corrected chi connectivity index (χ2v) is 7.39. The maximum absolute atomic E-state index is 13.7. The molecule has 2 bridgehead atoms. The highest BCUT2D eigenvalue weighted by atomic mass is 19.1. The third kappa shape index (κ3) is 2.02. The van der Waals surface area contributed by atoms with E-state index in [1.54, 1.807) is 12.1 Å². The molecule has 0 aliphatic carbocycles. The molecule has 0 radical (unpaired) electrons. The Hall–Kier alpha value is -3.22. The first-order chi connectivity index (χ1) is 13.2. The van der Waals surface area contributed by atoms with Crippen molar-refractivity contribution < 1.29 is 4.39 Å². The Balaban J connectivity index is 1.49. The zero-order valence-corrected chi connectivity index (χ0v) is 14.4. The number of aromatic nitrogens is 4. The van der Waals surface area contributed by atoms with Crippen LogP contribution in [0, 0.1) is 5.82 Å². The number of hydrogen-bond acceptors (Lipinski definition) is 4. The van der Waals surface area contributed by atoms with E-state index in [0.717, 1.165) is 53.0 Å². The topological polar surface area (TPSA) is 66.8 Å². The summed E-state index contributed by atoms with van der Waals surface area (Å²) in [6.07, 6.45) is 2.52. The molecule has 0 unspecified atom stereocenters. The van der Waals surface area contributed by atoms with Gasteiger partial charge in [0, 0.05) is 41.7 Å². The number of benzene rings is 1. The molecule has 1 fully saturated rings. The van der Waals surface area contributed by atoms with Crippen molar-refractivity contribution in [2.75, 3.05) is 18.0 Å².